The fraction of sp³-hybridized carbons (Fsp3) is 0.100. The molecule has 0 spiro atoms. The number of aromatic nitrogens is 4. The summed E-state index contributed by atoms with van der Waals surface area (Å²) in [5, 5.41) is 4.34. The number of aryl methyl sites for hydroxylation is 1. The van der Waals surface area contributed by atoms with E-state index in [1.165, 1.54) is 6.33 Å². The van der Waals surface area contributed by atoms with E-state index in [-0.39, 0.29) is 5.91 Å². The van der Waals surface area contributed by atoms with Gasteiger partial charge in [-0.25, -0.2) is 15.0 Å². The molecule has 28 heavy (non-hydrogen) atoms. The lowest BCUT2D eigenvalue weighted by Crippen LogP contribution is -2.12. The Morgan fingerprint density at radius 3 is 2.79 bits per heavy atom. The summed E-state index contributed by atoms with van der Waals surface area (Å²) < 4.78 is 0. The largest absolute Gasteiger partial charge is 0.341 e. The van der Waals surface area contributed by atoms with Gasteiger partial charge in [0, 0.05) is 22.0 Å². The van der Waals surface area contributed by atoms with Crippen molar-refractivity contribution in [2.75, 3.05) is 5.32 Å². The van der Waals surface area contributed by atoms with E-state index in [0.717, 1.165) is 27.4 Å². The van der Waals surface area contributed by atoms with Crippen molar-refractivity contribution in [3.05, 3.63) is 76.8 Å². The van der Waals surface area contributed by atoms with Crippen molar-refractivity contribution >= 4 is 46.1 Å². The minimum Gasteiger partial charge on any atom is -0.341 e. The molecular weight excluding hydrogens is 394 g/mol. The van der Waals surface area contributed by atoms with Crippen LogP contribution in [0.1, 0.15) is 21.5 Å². The molecule has 8 heteroatoms. The minimum absolute atomic E-state index is 0.167. The van der Waals surface area contributed by atoms with Crippen LogP contribution in [0.4, 0.5) is 5.69 Å². The molecule has 1 amide bonds. The number of nitrogens with zero attached hydrogens (tertiary/aromatic N) is 3. The lowest BCUT2D eigenvalue weighted by molar-refractivity contribution is 0.102. The minimum atomic E-state index is -0.167. The number of hydrogen-bond acceptors (Lipinski definition) is 5. The zero-order valence-corrected chi connectivity index (χ0v) is 16.5. The highest BCUT2D eigenvalue weighted by Crippen LogP contribution is 2.26. The molecule has 0 unspecified atom stereocenters. The number of halogens is 1. The summed E-state index contributed by atoms with van der Waals surface area (Å²) in [6, 6.07) is 12.9. The summed E-state index contributed by atoms with van der Waals surface area (Å²) in [6.45, 7) is 1.93. The van der Waals surface area contributed by atoms with E-state index in [2.05, 4.69) is 25.3 Å². The van der Waals surface area contributed by atoms with Gasteiger partial charge in [0.05, 0.1) is 6.33 Å². The number of amides is 1. The summed E-state index contributed by atoms with van der Waals surface area (Å²) in [5.74, 6) is 0.556. The van der Waals surface area contributed by atoms with Gasteiger partial charge in [0.25, 0.3) is 5.91 Å². The molecule has 2 heterocycles. The number of nitrogens with one attached hydrogen (secondary N) is 2. The van der Waals surface area contributed by atoms with Gasteiger partial charge in [-0.3, -0.25) is 4.79 Å². The van der Waals surface area contributed by atoms with E-state index >= 15 is 0 Å². The molecule has 4 rings (SSSR count). The van der Waals surface area contributed by atoms with Gasteiger partial charge >= 0.3 is 0 Å². The van der Waals surface area contributed by atoms with E-state index in [1.54, 1.807) is 30.2 Å². The van der Waals surface area contributed by atoms with Gasteiger partial charge in [-0.2, -0.15) is 0 Å². The Bertz CT molecular complexity index is 1140. The first-order valence-electron chi connectivity index (χ1n) is 8.53. The number of rotatable bonds is 5. The van der Waals surface area contributed by atoms with E-state index in [0.29, 0.717) is 21.9 Å². The lowest BCUT2D eigenvalue weighted by Gasteiger charge is -2.09. The molecule has 2 aromatic heterocycles. The second kappa shape index (κ2) is 8.00. The van der Waals surface area contributed by atoms with Crippen LogP contribution in [0.15, 0.2) is 60.1 Å². The van der Waals surface area contributed by atoms with E-state index in [9.17, 15) is 4.79 Å². The number of carbonyl (C=O) groups excluding carboxylic acids is 1. The fourth-order valence-corrected chi connectivity index (χ4v) is 3.76. The van der Waals surface area contributed by atoms with Gasteiger partial charge in [0.15, 0.2) is 5.65 Å². The van der Waals surface area contributed by atoms with Crippen molar-refractivity contribution in [1.29, 1.82) is 0 Å². The van der Waals surface area contributed by atoms with Crippen LogP contribution in [-0.4, -0.2) is 25.8 Å². The first kappa shape index (κ1) is 18.5. The molecule has 4 aromatic rings. The van der Waals surface area contributed by atoms with Gasteiger partial charge in [0.1, 0.15) is 16.9 Å². The Morgan fingerprint density at radius 2 is 1.96 bits per heavy atom. The molecular formula is C20H16ClN5OS. The van der Waals surface area contributed by atoms with Gasteiger partial charge < -0.3 is 10.3 Å². The Hall–Kier alpha value is -2.90. The van der Waals surface area contributed by atoms with Gasteiger partial charge in [-0.1, -0.05) is 41.6 Å². The number of hydrogen-bond donors (Lipinski definition) is 2. The van der Waals surface area contributed by atoms with Crippen LogP contribution in [-0.2, 0) is 5.75 Å². The molecule has 0 aliphatic carbocycles. The number of carbonyl (C=O) groups is 1. The molecule has 0 aliphatic heterocycles. The van der Waals surface area contributed by atoms with Crippen molar-refractivity contribution in [2.24, 2.45) is 0 Å². The summed E-state index contributed by atoms with van der Waals surface area (Å²) in [7, 11) is 0. The highest BCUT2D eigenvalue weighted by atomic mass is 35.5. The van der Waals surface area contributed by atoms with E-state index in [4.69, 9.17) is 11.6 Å². The van der Waals surface area contributed by atoms with Crippen LogP contribution in [0.3, 0.4) is 0 Å². The molecule has 6 nitrogen and oxygen atoms in total. The van der Waals surface area contributed by atoms with Crippen LogP contribution < -0.4 is 5.32 Å². The number of thioether (sulfide) groups is 1. The molecule has 0 radical (unpaired) electrons. The Kier molecular flexibility index (Phi) is 5.27. The molecule has 2 aromatic carbocycles. The number of H-pyrrole nitrogens is 1. The quantitative estimate of drug-likeness (QED) is 0.363. The molecule has 0 saturated heterocycles. The number of fused-ring (bicyclic) bond motifs is 1. The Morgan fingerprint density at radius 1 is 1.14 bits per heavy atom. The average molecular weight is 410 g/mol. The van der Waals surface area contributed by atoms with Gasteiger partial charge in [-0.15, -0.1) is 0 Å². The van der Waals surface area contributed by atoms with Crippen molar-refractivity contribution in [1.82, 2.24) is 19.9 Å². The first-order valence-corrected chi connectivity index (χ1v) is 9.90. The van der Waals surface area contributed by atoms with Crippen molar-refractivity contribution in [3.8, 4) is 0 Å². The van der Waals surface area contributed by atoms with Crippen molar-refractivity contribution < 1.29 is 4.79 Å². The molecule has 140 valence electrons. The van der Waals surface area contributed by atoms with Crippen molar-refractivity contribution in [3.63, 3.8) is 0 Å². The summed E-state index contributed by atoms with van der Waals surface area (Å²) >= 11 is 7.60. The molecule has 0 atom stereocenters. The van der Waals surface area contributed by atoms with E-state index in [1.807, 2.05) is 37.3 Å². The van der Waals surface area contributed by atoms with Gasteiger partial charge in [0.2, 0.25) is 0 Å². The highest BCUT2D eigenvalue weighted by molar-refractivity contribution is 7.98. The molecule has 2 N–H and O–H groups in total. The predicted octanol–water partition coefficient (Wildman–Crippen LogP) is 4.86. The number of anilines is 1. The SMILES string of the molecule is Cc1ccc(Cl)cc1NC(=O)c1ccc(CSc2ncnc3nc[nH]c23)cc1. The van der Waals surface area contributed by atoms with Crippen LogP contribution in [0, 0.1) is 6.92 Å². The maximum Gasteiger partial charge on any atom is 0.255 e. The van der Waals surface area contributed by atoms with Crippen LogP contribution in [0.2, 0.25) is 5.02 Å². The van der Waals surface area contributed by atoms with Crippen LogP contribution >= 0.6 is 23.4 Å². The molecule has 0 bridgehead atoms. The van der Waals surface area contributed by atoms with Crippen molar-refractivity contribution in [2.45, 2.75) is 17.7 Å². The molecule has 0 fully saturated rings. The van der Waals surface area contributed by atoms with Crippen LogP contribution in [0.25, 0.3) is 11.2 Å². The number of imidazole rings is 1. The van der Waals surface area contributed by atoms with Gasteiger partial charge in [-0.05, 0) is 42.3 Å². The summed E-state index contributed by atoms with van der Waals surface area (Å²) in [4.78, 5) is 28.1. The number of benzene rings is 2. The molecule has 0 aliphatic rings. The lowest BCUT2D eigenvalue weighted by atomic mass is 10.1. The zero-order chi connectivity index (χ0) is 19.5. The summed E-state index contributed by atoms with van der Waals surface area (Å²) in [5.41, 5.74) is 4.84. The maximum absolute atomic E-state index is 12.5. The first-order chi connectivity index (χ1) is 13.6. The monoisotopic (exact) mass is 409 g/mol. The topological polar surface area (TPSA) is 83.6 Å². The third-order valence-electron chi connectivity index (χ3n) is 4.23. The standard InChI is InChI=1S/C20H16ClN5OS/c1-12-2-7-15(21)8-16(12)26-19(27)14-5-3-13(4-6-14)9-28-20-17-18(23-10-22-17)24-11-25-20/h2-8,10-11H,9H2,1H3,(H,26,27)(H,22,23,24,25). The third-order valence-corrected chi connectivity index (χ3v) is 5.52. The second-order valence-corrected chi connectivity index (χ2v) is 7.58. The van der Waals surface area contributed by atoms with Crippen LogP contribution in [0.5, 0.6) is 0 Å². The Balaban J connectivity index is 1.43. The zero-order valence-electron chi connectivity index (χ0n) is 14.9. The third kappa shape index (κ3) is 4.00. The average Bonchev–Trinajstić information content (AvgIpc) is 3.19. The second-order valence-electron chi connectivity index (χ2n) is 6.18. The number of aromatic amines is 1. The van der Waals surface area contributed by atoms with E-state index < -0.39 is 0 Å². The Labute approximate surface area is 170 Å². The predicted molar refractivity (Wildman–Crippen MR) is 112 cm³/mol. The maximum atomic E-state index is 12.5. The highest BCUT2D eigenvalue weighted by Gasteiger charge is 2.10. The normalized spacial score (nSPS) is 10.9. The summed E-state index contributed by atoms with van der Waals surface area (Å²) in [6.07, 6.45) is 3.12. The fourth-order valence-electron chi connectivity index (χ4n) is 2.68. The molecule has 0 saturated carbocycles. The smallest absolute Gasteiger partial charge is 0.255 e.